The highest BCUT2D eigenvalue weighted by Gasteiger charge is 2.22. The minimum absolute atomic E-state index is 0.0417. The second kappa shape index (κ2) is 6.64. The molecule has 0 atom stereocenters. The summed E-state index contributed by atoms with van der Waals surface area (Å²) in [5, 5.41) is 2.51. The van der Waals surface area contributed by atoms with Crippen LogP contribution < -0.4 is 10.9 Å². The zero-order chi connectivity index (χ0) is 17.3. The Hall–Kier alpha value is -2.35. The van der Waals surface area contributed by atoms with Crippen LogP contribution in [0.25, 0.3) is 0 Å². The molecule has 1 aliphatic heterocycles. The third kappa shape index (κ3) is 3.28. The molecule has 2 amide bonds. The van der Waals surface area contributed by atoms with Gasteiger partial charge in [-0.25, -0.2) is 0 Å². The van der Waals surface area contributed by atoms with Gasteiger partial charge in [-0.1, -0.05) is 0 Å². The van der Waals surface area contributed by atoms with Crippen LogP contribution in [0.1, 0.15) is 33.8 Å². The molecule has 1 N–H and O–H groups in total. The number of rotatable bonds is 3. The van der Waals surface area contributed by atoms with Gasteiger partial charge < -0.3 is 19.2 Å². The monoisotopic (exact) mass is 393 g/mol. The quantitative estimate of drug-likeness (QED) is 0.866. The largest absolute Gasteiger partial charge is 0.444 e. The standard InChI is InChI=1S/C16H16BrN3O4/c1-19-9-10(15(22)20-6-2-3-7-20)8-11(16(19)23)18-14(21)12-4-5-13(17)24-12/h4-5,8-9H,2-3,6-7H2,1H3,(H,18,21). The molecule has 126 valence electrons. The van der Waals surface area contributed by atoms with Crippen LogP contribution in [0.5, 0.6) is 0 Å². The third-order valence-electron chi connectivity index (χ3n) is 3.87. The van der Waals surface area contributed by atoms with Gasteiger partial charge in [0, 0.05) is 26.3 Å². The summed E-state index contributed by atoms with van der Waals surface area (Å²) < 4.78 is 6.87. The van der Waals surface area contributed by atoms with Crippen molar-refractivity contribution in [3.63, 3.8) is 0 Å². The van der Waals surface area contributed by atoms with E-state index in [0.29, 0.717) is 23.3 Å². The number of nitrogens with one attached hydrogen (secondary N) is 1. The molecule has 0 radical (unpaired) electrons. The van der Waals surface area contributed by atoms with Crippen molar-refractivity contribution in [1.82, 2.24) is 9.47 Å². The molecule has 1 saturated heterocycles. The molecular weight excluding hydrogens is 378 g/mol. The fraction of sp³-hybridized carbons (Fsp3) is 0.312. The molecule has 1 fully saturated rings. The highest BCUT2D eigenvalue weighted by atomic mass is 79.9. The van der Waals surface area contributed by atoms with Gasteiger partial charge in [-0.05, 0) is 47.0 Å². The van der Waals surface area contributed by atoms with Gasteiger partial charge >= 0.3 is 0 Å². The van der Waals surface area contributed by atoms with E-state index in [9.17, 15) is 14.4 Å². The van der Waals surface area contributed by atoms with Crippen LogP contribution in [-0.2, 0) is 7.05 Å². The van der Waals surface area contributed by atoms with Crippen molar-refractivity contribution in [3.8, 4) is 0 Å². The molecule has 1 aliphatic rings. The number of furan rings is 1. The Bertz CT molecular complexity index is 849. The first-order valence-corrected chi connectivity index (χ1v) is 8.31. The molecule has 0 aliphatic carbocycles. The van der Waals surface area contributed by atoms with E-state index in [2.05, 4.69) is 21.2 Å². The molecule has 0 bridgehead atoms. The van der Waals surface area contributed by atoms with Gasteiger partial charge in [0.2, 0.25) is 0 Å². The van der Waals surface area contributed by atoms with Crippen molar-refractivity contribution in [2.45, 2.75) is 12.8 Å². The molecule has 3 heterocycles. The first kappa shape index (κ1) is 16.5. The Labute approximate surface area is 146 Å². The number of aryl methyl sites for hydroxylation is 1. The van der Waals surface area contributed by atoms with Crippen LogP contribution in [0.3, 0.4) is 0 Å². The predicted molar refractivity (Wildman–Crippen MR) is 91.2 cm³/mol. The fourth-order valence-electron chi connectivity index (χ4n) is 2.64. The molecule has 2 aromatic heterocycles. The molecule has 0 unspecified atom stereocenters. The van der Waals surface area contributed by atoms with Gasteiger partial charge in [-0.2, -0.15) is 0 Å². The number of carbonyl (C=O) groups excluding carboxylic acids is 2. The minimum atomic E-state index is -0.552. The summed E-state index contributed by atoms with van der Waals surface area (Å²) >= 11 is 3.12. The van der Waals surface area contributed by atoms with Crippen LogP contribution in [0.4, 0.5) is 5.69 Å². The number of likely N-dealkylation sites (tertiary alicyclic amines) is 1. The highest BCUT2D eigenvalue weighted by Crippen LogP contribution is 2.17. The SMILES string of the molecule is Cn1cc(C(=O)N2CCCC2)cc(NC(=O)c2ccc(Br)o2)c1=O. The second-order valence-corrected chi connectivity index (χ2v) is 6.40. The van der Waals surface area contributed by atoms with Gasteiger partial charge in [0.25, 0.3) is 17.4 Å². The van der Waals surface area contributed by atoms with Crippen LogP contribution >= 0.6 is 15.9 Å². The average Bonchev–Trinajstić information content (AvgIpc) is 3.22. The number of pyridine rings is 1. The summed E-state index contributed by atoms with van der Waals surface area (Å²) in [4.78, 5) is 38.6. The van der Waals surface area contributed by atoms with Crippen molar-refractivity contribution >= 4 is 33.4 Å². The topological polar surface area (TPSA) is 84.6 Å². The van der Waals surface area contributed by atoms with Crippen molar-refractivity contribution in [1.29, 1.82) is 0 Å². The molecular formula is C16H16BrN3O4. The van der Waals surface area contributed by atoms with E-state index in [4.69, 9.17) is 4.42 Å². The van der Waals surface area contributed by atoms with Crippen LogP contribution in [0.15, 0.2) is 38.3 Å². The lowest BCUT2D eigenvalue weighted by Crippen LogP contribution is -2.30. The van der Waals surface area contributed by atoms with E-state index >= 15 is 0 Å². The maximum atomic E-state index is 12.5. The van der Waals surface area contributed by atoms with Gasteiger partial charge in [-0.3, -0.25) is 14.4 Å². The lowest BCUT2D eigenvalue weighted by atomic mass is 10.2. The summed E-state index contributed by atoms with van der Waals surface area (Å²) in [7, 11) is 1.54. The van der Waals surface area contributed by atoms with Gasteiger partial charge in [-0.15, -0.1) is 0 Å². The Morgan fingerprint density at radius 3 is 2.58 bits per heavy atom. The molecule has 2 aromatic rings. The molecule has 8 heteroatoms. The smallest absolute Gasteiger partial charge is 0.291 e. The normalized spacial score (nSPS) is 14.0. The Balaban J connectivity index is 1.88. The van der Waals surface area contributed by atoms with Crippen LogP contribution in [0, 0.1) is 0 Å². The van der Waals surface area contributed by atoms with Gasteiger partial charge in [0.05, 0.1) is 5.56 Å². The summed E-state index contributed by atoms with van der Waals surface area (Å²) in [6.07, 6.45) is 3.45. The maximum absolute atomic E-state index is 12.5. The number of anilines is 1. The van der Waals surface area contributed by atoms with Crippen molar-refractivity contribution in [2.75, 3.05) is 18.4 Å². The number of aromatic nitrogens is 1. The predicted octanol–water partition coefficient (Wildman–Crippen LogP) is 2.23. The fourth-order valence-corrected chi connectivity index (χ4v) is 2.95. The molecule has 24 heavy (non-hydrogen) atoms. The highest BCUT2D eigenvalue weighted by molar-refractivity contribution is 9.10. The number of nitrogens with zero attached hydrogens (tertiary/aromatic N) is 2. The summed E-state index contributed by atoms with van der Waals surface area (Å²) in [6.45, 7) is 1.42. The van der Waals surface area contributed by atoms with E-state index in [-0.39, 0.29) is 17.4 Å². The lowest BCUT2D eigenvalue weighted by molar-refractivity contribution is 0.0791. The molecule has 7 nitrogen and oxygen atoms in total. The Kier molecular flexibility index (Phi) is 4.57. The number of carbonyl (C=O) groups is 2. The van der Waals surface area contributed by atoms with E-state index < -0.39 is 11.5 Å². The Morgan fingerprint density at radius 1 is 1.25 bits per heavy atom. The minimum Gasteiger partial charge on any atom is -0.444 e. The molecule has 0 spiro atoms. The number of amides is 2. The molecule has 3 rings (SSSR count). The summed E-state index contributed by atoms with van der Waals surface area (Å²) in [5.74, 6) is -0.622. The van der Waals surface area contributed by atoms with Crippen LogP contribution in [0.2, 0.25) is 0 Å². The second-order valence-electron chi connectivity index (χ2n) is 5.62. The number of halogens is 1. The number of hydrogen-bond donors (Lipinski definition) is 1. The first-order valence-electron chi connectivity index (χ1n) is 7.52. The van der Waals surface area contributed by atoms with Crippen LogP contribution in [-0.4, -0.2) is 34.4 Å². The van der Waals surface area contributed by atoms with Gasteiger partial charge in [0.1, 0.15) is 5.69 Å². The summed E-state index contributed by atoms with van der Waals surface area (Å²) in [5.41, 5.74) is 0.0157. The van der Waals surface area contributed by atoms with E-state index in [1.165, 1.54) is 22.9 Å². The number of hydrogen-bond acceptors (Lipinski definition) is 4. The first-order chi connectivity index (χ1) is 11.5. The van der Waals surface area contributed by atoms with E-state index in [1.807, 2.05) is 0 Å². The van der Waals surface area contributed by atoms with Crippen molar-refractivity contribution in [3.05, 3.63) is 50.7 Å². The maximum Gasteiger partial charge on any atom is 0.291 e. The average molecular weight is 394 g/mol. The van der Waals surface area contributed by atoms with Crippen molar-refractivity contribution < 1.29 is 14.0 Å². The van der Waals surface area contributed by atoms with Crippen molar-refractivity contribution in [2.24, 2.45) is 7.05 Å². The van der Waals surface area contributed by atoms with E-state index in [0.717, 1.165) is 12.8 Å². The molecule has 0 saturated carbocycles. The zero-order valence-electron chi connectivity index (χ0n) is 13.0. The zero-order valence-corrected chi connectivity index (χ0v) is 14.6. The Morgan fingerprint density at radius 2 is 1.96 bits per heavy atom. The summed E-state index contributed by atoms with van der Waals surface area (Å²) in [6, 6.07) is 4.49. The molecule has 0 aromatic carbocycles. The lowest BCUT2D eigenvalue weighted by Gasteiger charge is -2.16. The third-order valence-corrected chi connectivity index (χ3v) is 4.29. The van der Waals surface area contributed by atoms with E-state index in [1.54, 1.807) is 18.0 Å². The van der Waals surface area contributed by atoms with Gasteiger partial charge in [0.15, 0.2) is 10.4 Å².